The minimum Gasteiger partial charge on any atom is -0.497 e. The first-order chi connectivity index (χ1) is 20.9. The van der Waals surface area contributed by atoms with Crippen molar-refractivity contribution in [3.63, 3.8) is 0 Å². The number of benzene rings is 4. The standard InChI is InChI=1S/C35H32O8/c1-5-40-30(36)20-41-33-27-9-7-6-8-26(27)32-28(31(33)34(37)39-4)16-17-35(43-32,23-10-13-25(38-3)14-11-23)24-12-15-29-22(19-24)18-21(2)42-29/h6-17,19,21H,5,18,20H2,1-4H3. The van der Waals surface area contributed by atoms with E-state index in [0.29, 0.717) is 22.1 Å². The third-order valence-corrected chi connectivity index (χ3v) is 7.78. The Balaban J connectivity index is 1.57. The maximum absolute atomic E-state index is 13.3. The van der Waals surface area contributed by atoms with Crippen LogP contribution in [-0.4, -0.2) is 45.5 Å². The molecule has 0 bridgehead atoms. The van der Waals surface area contributed by atoms with Gasteiger partial charge in [-0.15, -0.1) is 0 Å². The van der Waals surface area contributed by atoms with Crippen LogP contribution in [0.2, 0.25) is 0 Å². The molecule has 2 aliphatic heterocycles. The molecule has 4 aromatic carbocycles. The van der Waals surface area contributed by atoms with E-state index in [2.05, 4.69) is 6.07 Å². The summed E-state index contributed by atoms with van der Waals surface area (Å²) in [5.41, 5.74) is 2.48. The fourth-order valence-electron chi connectivity index (χ4n) is 5.82. The second kappa shape index (κ2) is 11.4. The number of carbonyl (C=O) groups excluding carboxylic acids is 2. The molecule has 0 radical (unpaired) electrons. The molecule has 0 amide bonds. The highest BCUT2D eigenvalue weighted by atomic mass is 16.6. The second-order valence-corrected chi connectivity index (χ2v) is 10.4. The van der Waals surface area contributed by atoms with E-state index in [9.17, 15) is 9.59 Å². The van der Waals surface area contributed by atoms with Gasteiger partial charge in [0.1, 0.15) is 34.7 Å². The lowest BCUT2D eigenvalue weighted by Crippen LogP contribution is -2.35. The zero-order chi connectivity index (χ0) is 30.1. The van der Waals surface area contributed by atoms with Crippen LogP contribution in [0, 0.1) is 0 Å². The van der Waals surface area contributed by atoms with Crippen molar-refractivity contribution in [3.05, 3.63) is 101 Å². The Morgan fingerprint density at radius 1 is 0.977 bits per heavy atom. The fraction of sp³-hybridized carbons (Fsp3) is 0.257. The summed E-state index contributed by atoms with van der Waals surface area (Å²) in [6.45, 7) is 3.62. The normalized spacial score (nSPS) is 18.2. The molecule has 0 fully saturated rings. The summed E-state index contributed by atoms with van der Waals surface area (Å²) in [4.78, 5) is 25.5. The molecule has 4 aromatic rings. The molecule has 43 heavy (non-hydrogen) atoms. The van der Waals surface area contributed by atoms with Gasteiger partial charge in [0.15, 0.2) is 12.2 Å². The van der Waals surface area contributed by atoms with Crippen molar-refractivity contribution in [2.75, 3.05) is 27.4 Å². The van der Waals surface area contributed by atoms with Gasteiger partial charge in [-0.25, -0.2) is 9.59 Å². The number of hydrogen-bond acceptors (Lipinski definition) is 8. The monoisotopic (exact) mass is 580 g/mol. The molecule has 2 unspecified atom stereocenters. The fourth-order valence-corrected chi connectivity index (χ4v) is 5.82. The smallest absolute Gasteiger partial charge is 0.344 e. The van der Waals surface area contributed by atoms with Crippen LogP contribution in [-0.2, 0) is 26.3 Å². The van der Waals surface area contributed by atoms with Gasteiger partial charge in [0.05, 0.1) is 20.8 Å². The molecule has 0 saturated heterocycles. The quantitative estimate of drug-likeness (QED) is 0.226. The van der Waals surface area contributed by atoms with Crippen LogP contribution in [0.3, 0.4) is 0 Å². The van der Waals surface area contributed by atoms with Gasteiger partial charge in [-0.1, -0.05) is 42.5 Å². The first kappa shape index (κ1) is 28.2. The number of carbonyl (C=O) groups is 2. The number of esters is 2. The predicted molar refractivity (Wildman–Crippen MR) is 161 cm³/mol. The van der Waals surface area contributed by atoms with Crippen molar-refractivity contribution in [1.29, 1.82) is 0 Å². The molecular weight excluding hydrogens is 548 g/mol. The van der Waals surface area contributed by atoms with Gasteiger partial charge >= 0.3 is 11.9 Å². The summed E-state index contributed by atoms with van der Waals surface area (Å²) in [5, 5.41) is 1.31. The minimum absolute atomic E-state index is 0.0883. The summed E-state index contributed by atoms with van der Waals surface area (Å²) in [5.74, 6) is 1.14. The largest absolute Gasteiger partial charge is 0.497 e. The Morgan fingerprint density at radius 2 is 1.72 bits per heavy atom. The third-order valence-electron chi connectivity index (χ3n) is 7.78. The van der Waals surface area contributed by atoms with E-state index in [1.807, 2.05) is 79.7 Å². The van der Waals surface area contributed by atoms with Crippen molar-refractivity contribution < 1.29 is 38.0 Å². The van der Waals surface area contributed by atoms with Crippen LogP contribution in [0.1, 0.15) is 46.5 Å². The molecule has 0 spiro atoms. The average Bonchev–Trinajstić information content (AvgIpc) is 3.42. The van der Waals surface area contributed by atoms with E-state index in [4.69, 9.17) is 28.4 Å². The van der Waals surface area contributed by atoms with E-state index in [1.54, 1.807) is 14.0 Å². The van der Waals surface area contributed by atoms with E-state index in [0.717, 1.165) is 34.6 Å². The zero-order valence-corrected chi connectivity index (χ0v) is 24.5. The molecule has 0 aliphatic carbocycles. The maximum Gasteiger partial charge on any atom is 0.344 e. The zero-order valence-electron chi connectivity index (χ0n) is 24.5. The lowest BCUT2D eigenvalue weighted by Gasteiger charge is -2.37. The van der Waals surface area contributed by atoms with E-state index in [-0.39, 0.29) is 30.6 Å². The van der Waals surface area contributed by atoms with Crippen LogP contribution in [0.4, 0.5) is 0 Å². The predicted octanol–water partition coefficient (Wildman–Crippen LogP) is 6.25. The summed E-state index contributed by atoms with van der Waals surface area (Å²) in [6.07, 6.45) is 4.68. The molecule has 0 saturated carbocycles. The van der Waals surface area contributed by atoms with Crippen LogP contribution >= 0.6 is 0 Å². The van der Waals surface area contributed by atoms with Crippen LogP contribution in [0.15, 0.2) is 72.8 Å². The Morgan fingerprint density at radius 3 is 2.44 bits per heavy atom. The van der Waals surface area contributed by atoms with Crippen molar-refractivity contribution in [1.82, 2.24) is 0 Å². The van der Waals surface area contributed by atoms with Gasteiger partial charge in [0.25, 0.3) is 0 Å². The van der Waals surface area contributed by atoms with E-state index in [1.165, 1.54) is 7.11 Å². The number of ether oxygens (including phenoxy) is 6. The minimum atomic E-state index is -1.05. The Bertz CT molecular complexity index is 1740. The molecule has 0 aromatic heterocycles. The highest BCUT2D eigenvalue weighted by Gasteiger charge is 2.41. The third kappa shape index (κ3) is 4.92. The van der Waals surface area contributed by atoms with Crippen molar-refractivity contribution in [3.8, 4) is 23.0 Å². The average molecular weight is 581 g/mol. The number of hydrogen-bond donors (Lipinski definition) is 0. The van der Waals surface area contributed by atoms with Crippen molar-refractivity contribution in [2.45, 2.75) is 32.0 Å². The Hall–Kier alpha value is -4.98. The number of rotatable bonds is 8. The molecule has 2 atom stereocenters. The van der Waals surface area contributed by atoms with Crippen LogP contribution in [0.5, 0.6) is 23.0 Å². The highest BCUT2D eigenvalue weighted by Crippen LogP contribution is 2.50. The molecule has 0 N–H and O–H groups in total. The number of fused-ring (bicyclic) bond motifs is 4. The molecule has 220 valence electrons. The van der Waals surface area contributed by atoms with Crippen LogP contribution < -0.4 is 18.9 Å². The molecule has 8 nitrogen and oxygen atoms in total. The summed E-state index contributed by atoms with van der Waals surface area (Å²) in [6, 6.07) is 21.3. The van der Waals surface area contributed by atoms with Gasteiger partial charge < -0.3 is 28.4 Å². The SMILES string of the molecule is CCOC(=O)COc1c(C(=O)OC)c2c(c3ccccc13)OC(c1ccc(OC)cc1)(c1ccc3c(c1)CC(C)O3)C=C2. The van der Waals surface area contributed by atoms with E-state index < -0.39 is 17.5 Å². The summed E-state index contributed by atoms with van der Waals surface area (Å²) in [7, 11) is 2.93. The van der Waals surface area contributed by atoms with Gasteiger partial charge in [-0.2, -0.15) is 0 Å². The first-order valence-electron chi connectivity index (χ1n) is 14.2. The molecule has 8 heteroatoms. The van der Waals surface area contributed by atoms with Gasteiger partial charge in [-0.05, 0) is 55.8 Å². The van der Waals surface area contributed by atoms with E-state index >= 15 is 0 Å². The Kier molecular flexibility index (Phi) is 7.44. The summed E-state index contributed by atoms with van der Waals surface area (Å²) >= 11 is 0. The molecule has 2 aliphatic rings. The molecule has 6 rings (SSSR count). The highest BCUT2D eigenvalue weighted by molar-refractivity contribution is 6.09. The topological polar surface area (TPSA) is 89.5 Å². The molecule has 2 heterocycles. The number of methoxy groups -OCH3 is 2. The summed E-state index contributed by atoms with van der Waals surface area (Å²) < 4.78 is 34.7. The second-order valence-electron chi connectivity index (χ2n) is 10.4. The lowest BCUT2D eigenvalue weighted by molar-refractivity contribution is -0.145. The van der Waals surface area contributed by atoms with Crippen LogP contribution in [0.25, 0.3) is 16.8 Å². The van der Waals surface area contributed by atoms with Gasteiger partial charge in [-0.3, -0.25) is 0 Å². The molecular formula is C35H32O8. The first-order valence-corrected chi connectivity index (χ1v) is 14.2. The van der Waals surface area contributed by atoms with Gasteiger partial charge in [0.2, 0.25) is 0 Å². The van der Waals surface area contributed by atoms with Gasteiger partial charge in [0, 0.05) is 33.9 Å². The maximum atomic E-state index is 13.3. The Labute approximate surface area is 249 Å². The van der Waals surface area contributed by atoms with Crippen molar-refractivity contribution >= 4 is 28.8 Å². The van der Waals surface area contributed by atoms with Crippen molar-refractivity contribution in [2.24, 2.45) is 0 Å². The lowest BCUT2D eigenvalue weighted by atomic mass is 9.81.